The topological polar surface area (TPSA) is 85.0 Å². The Morgan fingerprint density at radius 3 is 2.36 bits per heavy atom. The van der Waals surface area contributed by atoms with Crippen LogP contribution in [0, 0.1) is 5.82 Å². The SMILES string of the molecule is CN1CCN(C(CNC(=O)C(=O)Nc2cc3c4c(c2)CCC(=O)N4CCC3)c2ccc(F)cc2)CC1. The third-order valence-corrected chi connectivity index (χ3v) is 7.43. The fourth-order valence-corrected chi connectivity index (χ4v) is 5.46. The third-order valence-electron chi connectivity index (χ3n) is 7.43. The van der Waals surface area contributed by atoms with Crippen LogP contribution in [0.3, 0.4) is 0 Å². The normalized spacial score (nSPS) is 18.9. The van der Waals surface area contributed by atoms with E-state index in [1.807, 2.05) is 17.0 Å². The van der Waals surface area contributed by atoms with Crippen LogP contribution in [0.5, 0.6) is 0 Å². The van der Waals surface area contributed by atoms with Gasteiger partial charge in [0.15, 0.2) is 0 Å². The molecule has 0 spiro atoms. The third kappa shape index (κ3) is 5.12. The quantitative estimate of drug-likeness (QED) is 0.624. The van der Waals surface area contributed by atoms with E-state index in [2.05, 4.69) is 27.5 Å². The van der Waals surface area contributed by atoms with Crippen LogP contribution in [-0.4, -0.2) is 73.8 Å². The van der Waals surface area contributed by atoms with Crippen LogP contribution in [0.4, 0.5) is 15.8 Å². The molecule has 0 radical (unpaired) electrons. The summed E-state index contributed by atoms with van der Waals surface area (Å²) in [5.74, 6) is -1.59. The van der Waals surface area contributed by atoms with E-state index in [1.165, 1.54) is 12.1 Å². The van der Waals surface area contributed by atoms with Gasteiger partial charge in [0, 0.05) is 51.4 Å². The molecule has 3 aliphatic rings. The van der Waals surface area contributed by atoms with Gasteiger partial charge in [0.1, 0.15) is 5.82 Å². The lowest BCUT2D eigenvalue weighted by Gasteiger charge is -2.38. The maximum absolute atomic E-state index is 13.5. The molecule has 9 heteroatoms. The number of hydrogen-bond donors (Lipinski definition) is 2. The highest BCUT2D eigenvalue weighted by Crippen LogP contribution is 2.37. The summed E-state index contributed by atoms with van der Waals surface area (Å²) in [5, 5.41) is 5.54. The Morgan fingerprint density at radius 2 is 1.64 bits per heavy atom. The zero-order valence-electron chi connectivity index (χ0n) is 20.6. The first-order chi connectivity index (χ1) is 17.4. The lowest BCUT2D eigenvalue weighted by atomic mass is 9.91. The highest BCUT2D eigenvalue weighted by molar-refractivity contribution is 6.39. The largest absolute Gasteiger partial charge is 0.346 e. The first-order valence-electron chi connectivity index (χ1n) is 12.6. The van der Waals surface area contributed by atoms with E-state index in [0.29, 0.717) is 18.5 Å². The molecule has 0 aromatic heterocycles. The number of aryl methyl sites for hydroxylation is 2. The smallest absolute Gasteiger partial charge is 0.313 e. The van der Waals surface area contributed by atoms with Crippen molar-refractivity contribution in [2.75, 3.05) is 56.5 Å². The van der Waals surface area contributed by atoms with Gasteiger partial charge in [-0.3, -0.25) is 19.3 Å². The maximum atomic E-state index is 13.5. The van der Waals surface area contributed by atoms with Crippen LogP contribution in [-0.2, 0) is 27.2 Å². The number of rotatable bonds is 5. The van der Waals surface area contributed by atoms with Gasteiger partial charge in [0.05, 0.1) is 11.7 Å². The number of nitrogens with zero attached hydrogens (tertiary/aromatic N) is 3. The van der Waals surface area contributed by atoms with Crippen LogP contribution < -0.4 is 15.5 Å². The lowest BCUT2D eigenvalue weighted by molar-refractivity contribution is -0.136. The van der Waals surface area contributed by atoms with E-state index in [-0.39, 0.29) is 24.3 Å². The number of carbonyl (C=O) groups excluding carboxylic acids is 3. The summed E-state index contributed by atoms with van der Waals surface area (Å²) in [4.78, 5) is 44.2. The number of halogens is 1. The number of anilines is 2. The molecule has 190 valence electrons. The summed E-state index contributed by atoms with van der Waals surface area (Å²) < 4.78 is 13.5. The molecule has 2 aromatic rings. The van der Waals surface area contributed by atoms with Gasteiger partial charge < -0.3 is 20.4 Å². The van der Waals surface area contributed by atoms with E-state index in [0.717, 1.165) is 67.9 Å². The monoisotopic (exact) mass is 493 g/mol. The molecule has 1 atom stereocenters. The van der Waals surface area contributed by atoms with Crippen molar-refractivity contribution in [1.29, 1.82) is 0 Å². The summed E-state index contributed by atoms with van der Waals surface area (Å²) in [6, 6.07) is 9.90. The Hall–Kier alpha value is -3.30. The zero-order chi connectivity index (χ0) is 25.2. The Kier molecular flexibility index (Phi) is 7.02. The predicted octanol–water partition coefficient (Wildman–Crippen LogP) is 2.09. The molecular weight excluding hydrogens is 461 g/mol. The van der Waals surface area contributed by atoms with Gasteiger partial charge in [0.25, 0.3) is 0 Å². The van der Waals surface area contributed by atoms with Crippen molar-refractivity contribution in [2.24, 2.45) is 0 Å². The van der Waals surface area contributed by atoms with Gasteiger partial charge in [-0.25, -0.2) is 4.39 Å². The highest BCUT2D eigenvalue weighted by Gasteiger charge is 2.30. The molecule has 2 aromatic carbocycles. The van der Waals surface area contributed by atoms with Crippen LogP contribution in [0.15, 0.2) is 36.4 Å². The molecule has 1 fully saturated rings. The number of hydrogen-bond acceptors (Lipinski definition) is 5. The number of amides is 3. The van der Waals surface area contributed by atoms with Crippen molar-refractivity contribution in [2.45, 2.75) is 31.7 Å². The van der Waals surface area contributed by atoms with Crippen molar-refractivity contribution in [3.63, 3.8) is 0 Å². The number of carbonyl (C=O) groups is 3. The molecule has 1 saturated heterocycles. The Bertz CT molecular complexity index is 1140. The van der Waals surface area contributed by atoms with Gasteiger partial charge in [0.2, 0.25) is 5.91 Å². The first kappa shape index (κ1) is 24.4. The van der Waals surface area contributed by atoms with E-state index in [4.69, 9.17) is 0 Å². The van der Waals surface area contributed by atoms with Gasteiger partial charge >= 0.3 is 11.8 Å². The minimum absolute atomic E-state index is 0.149. The van der Waals surface area contributed by atoms with Crippen molar-refractivity contribution < 1.29 is 18.8 Å². The minimum atomic E-state index is -0.724. The molecule has 8 nitrogen and oxygen atoms in total. The first-order valence-corrected chi connectivity index (χ1v) is 12.6. The maximum Gasteiger partial charge on any atom is 0.313 e. The van der Waals surface area contributed by atoms with Crippen LogP contribution in [0.2, 0.25) is 0 Å². The Balaban J connectivity index is 1.26. The molecule has 5 rings (SSSR count). The van der Waals surface area contributed by atoms with E-state index >= 15 is 0 Å². The predicted molar refractivity (Wildman–Crippen MR) is 135 cm³/mol. The molecule has 0 bridgehead atoms. The Morgan fingerprint density at radius 1 is 0.944 bits per heavy atom. The number of benzene rings is 2. The standard InChI is InChI=1S/C27H32FN5O3/c1-31-11-13-32(14-12-31)23(18-4-7-21(28)8-5-18)17-29-26(35)27(36)30-22-15-19-3-2-10-33-24(34)9-6-20(16-22)25(19)33/h4-5,7-8,15-16,23H,2-3,6,9-14,17H2,1H3,(H,29,35)(H,30,36). The lowest BCUT2D eigenvalue weighted by Crippen LogP contribution is -2.49. The van der Waals surface area contributed by atoms with Gasteiger partial charge in [-0.2, -0.15) is 0 Å². The summed E-state index contributed by atoms with van der Waals surface area (Å²) in [6.45, 7) is 4.41. The fourth-order valence-electron chi connectivity index (χ4n) is 5.46. The van der Waals surface area contributed by atoms with E-state index in [9.17, 15) is 18.8 Å². The molecule has 1 unspecified atom stereocenters. The molecule has 3 heterocycles. The highest BCUT2D eigenvalue weighted by atomic mass is 19.1. The molecular formula is C27H32FN5O3. The van der Waals surface area contributed by atoms with Crippen LogP contribution in [0.1, 0.15) is 35.6 Å². The molecule has 2 N–H and O–H groups in total. The number of piperazine rings is 1. The molecule has 0 aliphatic carbocycles. The fraction of sp³-hybridized carbons (Fsp3) is 0.444. The van der Waals surface area contributed by atoms with Crippen molar-refractivity contribution in [1.82, 2.24) is 15.1 Å². The van der Waals surface area contributed by atoms with E-state index < -0.39 is 11.8 Å². The summed E-state index contributed by atoms with van der Waals surface area (Å²) in [5.41, 5.74) is 4.53. The average molecular weight is 494 g/mol. The van der Waals surface area contributed by atoms with Gasteiger partial charge in [-0.1, -0.05) is 12.1 Å². The van der Waals surface area contributed by atoms with Gasteiger partial charge in [-0.05, 0) is 67.3 Å². The van der Waals surface area contributed by atoms with E-state index in [1.54, 1.807) is 12.1 Å². The van der Waals surface area contributed by atoms with Crippen molar-refractivity contribution in [3.05, 3.63) is 58.9 Å². The second kappa shape index (κ2) is 10.4. The van der Waals surface area contributed by atoms with Crippen LogP contribution >= 0.6 is 0 Å². The summed E-state index contributed by atoms with van der Waals surface area (Å²) >= 11 is 0. The van der Waals surface area contributed by atoms with Crippen molar-refractivity contribution in [3.8, 4) is 0 Å². The summed E-state index contributed by atoms with van der Waals surface area (Å²) in [7, 11) is 2.07. The van der Waals surface area contributed by atoms with Crippen LogP contribution in [0.25, 0.3) is 0 Å². The Labute approximate surface area is 210 Å². The average Bonchev–Trinajstić information content (AvgIpc) is 2.88. The molecule has 0 saturated carbocycles. The molecule has 3 amide bonds. The molecule has 36 heavy (non-hydrogen) atoms. The molecule has 3 aliphatic heterocycles. The zero-order valence-corrected chi connectivity index (χ0v) is 20.6. The number of likely N-dealkylation sites (N-methyl/N-ethyl adjacent to an activating group) is 1. The van der Waals surface area contributed by atoms with Gasteiger partial charge in [-0.15, -0.1) is 0 Å². The minimum Gasteiger partial charge on any atom is -0.346 e. The van der Waals surface area contributed by atoms with Crippen molar-refractivity contribution >= 4 is 29.1 Å². The summed E-state index contributed by atoms with van der Waals surface area (Å²) in [6.07, 6.45) is 2.82. The number of nitrogens with one attached hydrogen (secondary N) is 2. The second-order valence-electron chi connectivity index (χ2n) is 9.86. The second-order valence-corrected chi connectivity index (χ2v) is 9.86.